The van der Waals surface area contributed by atoms with Crippen LogP contribution in [0.15, 0.2) is 42.6 Å². The quantitative estimate of drug-likeness (QED) is 0.700. The van der Waals surface area contributed by atoms with Gasteiger partial charge in [-0.1, -0.05) is 42.0 Å². The Morgan fingerprint density at radius 1 is 1.12 bits per heavy atom. The average molecular weight is 221 g/mol. The number of pyridine rings is 1. The van der Waals surface area contributed by atoms with E-state index in [1.165, 1.54) is 16.7 Å². The van der Waals surface area contributed by atoms with E-state index in [0.29, 0.717) is 0 Å². The lowest BCUT2D eigenvalue weighted by molar-refractivity contribution is 0.966. The number of aromatic nitrogens is 1. The number of rotatable bonds is 2. The number of nitrogens with zero attached hydrogens (tertiary/aromatic N) is 1. The van der Waals surface area contributed by atoms with Crippen LogP contribution >= 0.6 is 0 Å². The lowest BCUT2D eigenvalue weighted by Crippen LogP contribution is -2.21. The van der Waals surface area contributed by atoms with Crippen LogP contribution in [0.1, 0.15) is 18.1 Å². The summed E-state index contributed by atoms with van der Waals surface area (Å²) in [5, 5.41) is 0.167. The fourth-order valence-corrected chi connectivity index (χ4v) is 1.90. The molecule has 0 amide bonds. The molecule has 0 N–H and O–H groups in total. The first-order valence-corrected chi connectivity index (χ1v) is 6.01. The third-order valence-corrected chi connectivity index (χ3v) is 3.05. The molecule has 1 aromatic carbocycles. The second-order valence-corrected chi connectivity index (χ2v) is 5.49. The van der Waals surface area contributed by atoms with Crippen LogP contribution in [0, 0.1) is 6.92 Å². The van der Waals surface area contributed by atoms with Gasteiger partial charge in [0.25, 0.3) is 0 Å². The van der Waals surface area contributed by atoms with Crippen LogP contribution in [0.25, 0.3) is 11.3 Å². The molecule has 0 atom stereocenters. The van der Waals surface area contributed by atoms with Gasteiger partial charge in [-0.15, -0.1) is 0 Å². The molecule has 0 spiro atoms. The van der Waals surface area contributed by atoms with E-state index in [9.17, 15) is 0 Å². The predicted octanol–water partition coefficient (Wildman–Crippen LogP) is 1.50. The second-order valence-electron chi connectivity index (χ2n) is 5.49. The summed E-state index contributed by atoms with van der Waals surface area (Å²) in [6.07, 6.45) is 1.91. The number of hydrogen-bond acceptors (Lipinski definition) is 1. The molecule has 0 aliphatic carbocycles. The zero-order chi connectivity index (χ0) is 12.5. The minimum Gasteiger partial charge on any atom is -0.256 e. The Morgan fingerprint density at radius 2 is 1.82 bits per heavy atom. The molecular formula is C14H17B2N. The van der Waals surface area contributed by atoms with Crippen LogP contribution in [-0.4, -0.2) is 20.7 Å². The summed E-state index contributed by atoms with van der Waals surface area (Å²) in [4.78, 5) is 4.48. The highest BCUT2D eigenvalue weighted by Gasteiger charge is 2.15. The molecule has 2 rings (SSSR count). The van der Waals surface area contributed by atoms with Gasteiger partial charge >= 0.3 is 0 Å². The van der Waals surface area contributed by atoms with Gasteiger partial charge in [0, 0.05) is 11.8 Å². The monoisotopic (exact) mass is 221 g/mol. The SMILES string of the molecule is BC(B)(C)c1ccnc(-c2ccccc2C)c1. The first-order valence-electron chi connectivity index (χ1n) is 6.01. The van der Waals surface area contributed by atoms with Crippen molar-refractivity contribution in [3.63, 3.8) is 0 Å². The Bertz CT molecular complexity index is 530. The minimum absolute atomic E-state index is 0.167. The highest BCUT2D eigenvalue weighted by Crippen LogP contribution is 2.24. The van der Waals surface area contributed by atoms with Crippen molar-refractivity contribution in [3.05, 3.63) is 53.7 Å². The van der Waals surface area contributed by atoms with Gasteiger partial charge in [0.15, 0.2) is 0 Å². The molecule has 1 nitrogen and oxygen atoms in total. The van der Waals surface area contributed by atoms with E-state index in [4.69, 9.17) is 0 Å². The van der Waals surface area contributed by atoms with Crippen molar-refractivity contribution in [1.82, 2.24) is 4.98 Å². The van der Waals surface area contributed by atoms with E-state index >= 15 is 0 Å². The zero-order valence-corrected chi connectivity index (χ0v) is 11.0. The van der Waals surface area contributed by atoms with Crippen molar-refractivity contribution in [1.29, 1.82) is 0 Å². The maximum absolute atomic E-state index is 4.48. The summed E-state index contributed by atoms with van der Waals surface area (Å²) < 4.78 is 0. The molecule has 0 aliphatic rings. The normalized spacial score (nSPS) is 11.4. The Balaban J connectivity index is 2.51. The van der Waals surface area contributed by atoms with Crippen molar-refractivity contribution < 1.29 is 0 Å². The maximum atomic E-state index is 4.48. The molecule has 0 radical (unpaired) electrons. The smallest absolute Gasteiger partial charge is 0.104 e. The van der Waals surface area contributed by atoms with E-state index < -0.39 is 0 Å². The van der Waals surface area contributed by atoms with Crippen LogP contribution in [0.3, 0.4) is 0 Å². The second kappa shape index (κ2) is 4.40. The van der Waals surface area contributed by atoms with Crippen molar-refractivity contribution in [2.75, 3.05) is 0 Å². The van der Waals surface area contributed by atoms with Crippen LogP contribution in [-0.2, 0) is 5.21 Å². The summed E-state index contributed by atoms with van der Waals surface area (Å²) in [7, 11) is 4.45. The molecule has 2 aromatic rings. The molecule has 1 aromatic heterocycles. The number of aryl methyl sites for hydroxylation is 1. The highest BCUT2D eigenvalue weighted by molar-refractivity contribution is 6.39. The first-order chi connectivity index (χ1) is 7.98. The Labute approximate surface area is 105 Å². The molecule has 0 saturated heterocycles. The highest BCUT2D eigenvalue weighted by atomic mass is 14.7. The van der Waals surface area contributed by atoms with Gasteiger partial charge in [0.1, 0.15) is 15.7 Å². The van der Waals surface area contributed by atoms with Crippen molar-refractivity contribution in [2.24, 2.45) is 0 Å². The van der Waals surface area contributed by atoms with Crippen LogP contribution < -0.4 is 0 Å². The fourth-order valence-electron chi connectivity index (χ4n) is 1.90. The third-order valence-electron chi connectivity index (χ3n) is 3.05. The van der Waals surface area contributed by atoms with E-state index in [0.717, 1.165) is 5.69 Å². The van der Waals surface area contributed by atoms with Crippen molar-refractivity contribution >= 4 is 15.7 Å². The van der Waals surface area contributed by atoms with Gasteiger partial charge < -0.3 is 0 Å². The molecule has 0 aliphatic heterocycles. The van der Waals surface area contributed by atoms with Crippen molar-refractivity contribution in [2.45, 2.75) is 19.1 Å². The molecule has 1 heterocycles. The Kier molecular flexibility index (Phi) is 3.10. The van der Waals surface area contributed by atoms with Gasteiger partial charge in [-0.2, -0.15) is 0 Å². The Hall–Kier alpha value is -1.50. The summed E-state index contributed by atoms with van der Waals surface area (Å²) in [5.41, 5.74) is 4.88. The molecule has 0 fully saturated rings. The number of benzene rings is 1. The topological polar surface area (TPSA) is 12.9 Å². The largest absolute Gasteiger partial charge is 0.256 e. The van der Waals surface area contributed by atoms with E-state index in [1.54, 1.807) is 0 Å². The van der Waals surface area contributed by atoms with Crippen LogP contribution in [0.2, 0.25) is 0 Å². The lowest BCUT2D eigenvalue weighted by atomic mass is 9.52. The van der Waals surface area contributed by atoms with Crippen molar-refractivity contribution in [3.8, 4) is 11.3 Å². The maximum Gasteiger partial charge on any atom is 0.104 e. The lowest BCUT2D eigenvalue weighted by Gasteiger charge is -2.19. The average Bonchev–Trinajstić information content (AvgIpc) is 2.29. The van der Waals surface area contributed by atoms with Gasteiger partial charge in [-0.05, 0) is 24.6 Å². The third kappa shape index (κ3) is 2.60. The van der Waals surface area contributed by atoms with E-state index in [1.807, 2.05) is 6.20 Å². The van der Waals surface area contributed by atoms with E-state index in [2.05, 4.69) is 70.9 Å². The minimum atomic E-state index is 0.167. The summed E-state index contributed by atoms with van der Waals surface area (Å²) in [6.45, 7) is 4.35. The summed E-state index contributed by atoms with van der Waals surface area (Å²) >= 11 is 0. The molecule has 84 valence electrons. The molecule has 17 heavy (non-hydrogen) atoms. The van der Waals surface area contributed by atoms with Crippen LogP contribution in [0.4, 0.5) is 0 Å². The first kappa shape index (κ1) is 12.0. The standard InChI is InChI=1S/C14H17B2N/c1-10-5-3-4-6-12(10)13-9-11(7-8-17-13)14(2,15)16/h3-9H,15-16H2,1-2H3. The summed E-state index contributed by atoms with van der Waals surface area (Å²) in [5.74, 6) is 0. The molecule has 0 unspecified atom stereocenters. The fraction of sp³-hybridized carbons (Fsp3) is 0.214. The molecule has 0 bridgehead atoms. The predicted molar refractivity (Wildman–Crippen MR) is 78.9 cm³/mol. The molecular weight excluding hydrogens is 204 g/mol. The van der Waals surface area contributed by atoms with Gasteiger partial charge in [0.05, 0.1) is 5.69 Å². The number of hydrogen-bond donors (Lipinski definition) is 0. The van der Waals surface area contributed by atoms with Gasteiger partial charge in [0.2, 0.25) is 0 Å². The molecule has 3 heteroatoms. The Morgan fingerprint density at radius 3 is 2.47 bits per heavy atom. The van der Waals surface area contributed by atoms with Gasteiger partial charge in [-0.25, -0.2) is 0 Å². The van der Waals surface area contributed by atoms with E-state index in [-0.39, 0.29) is 5.21 Å². The van der Waals surface area contributed by atoms with Gasteiger partial charge in [-0.3, -0.25) is 4.98 Å². The molecule has 0 saturated carbocycles. The van der Waals surface area contributed by atoms with Crippen LogP contribution in [0.5, 0.6) is 0 Å². The zero-order valence-electron chi connectivity index (χ0n) is 11.0. The summed E-state index contributed by atoms with van der Waals surface area (Å²) in [6, 6.07) is 12.7.